The Bertz CT molecular complexity index is 660. The molecule has 0 atom stereocenters. The smallest absolute Gasteiger partial charge is 0.159 e. The number of ketones is 1. The van der Waals surface area contributed by atoms with Gasteiger partial charge in [-0.1, -0.05) is 11.6 Å². The van der Waals surface area contributed by atoms with Gasteiger partial charge in [0.1, 0.15) is 18.1 Å². The topological polar surface area (TPSA) is 35.5 Å². The Morgan fingerprint density at radius 3 is 2.38 bits per heavy atom. The minimum absolute atomic E-state index is 0.0602. The van der Waals surface area contributed by atoms with Gasteiger partial charge in [-0.3, -0.25) is 4.79 Å². The summed E-state index contributed by atoms with van der Waals surface area (Å²) in [6.45, 7) is 5.98. The van der Waals surface area contributed by atoms with Crippen LogP contribution >= 0.6 is 0 Å². The number of ether oxygens (including phenoxy) is 2. The molecule has 0 fully saturated rings. The van der Waals surface area contributed by atoms with Gasteiger partial charge in [-0.2, -0.15) is 0 Å². The van der Waals surface area contributed by atoms with Gasteiger partial charge < -0.3 is 9.47 Å². The highest BCUT2D eigenvalue weighted by molar-refractivity contribution is 5.94. The molecule has 0 aliphatic carbocycles. The van der Waals surface area contributed by atoms with Gasteiger partial charge in [0.2, 0.25) is 0 Å². The van der Waals surface area contributed by atoms with Crippen LogP contribution in [-0.4, -0.2) is 12.9 Å². The monoisotopic (exact) mass is 284 g/mol. The average molecular weight is 284 g/mol. The van der Waals surface area contributed by atoms with E-state index >= 15 is 0 Å². The zero-order valence-corrected chi connectivity index (χ0v) is 12.9. The Morgan fingerprint density at radius 2 is 1.76 bits per heavy atom. The van der Waals surface area contributed by atoms with Crippen molar-refractivity contribution >= 4 is 5.78 Å². The van der Waals surface area contributed by atoms with E-state index in [9.17, 15) is 4.79 Å². The molecule has 0 N–H and O–H groups in total. The predicted octanol–water partition coefficient (Wildman–Crippen LogP) is 4.09. The van der Waals surface area contributed by atoms with Gasteiger partial charge in [-0.15, -0.1) is 0 Å². The fourth-order valence-corrected chi connectivity index (χ4v) is 2.21. The van der Waals surface area contributed by atoms with Crippen LogP contribution in [-0.2, 0) is 6.61 Å². The molecule has 21 heavy (non-hydrogen) atoms. The third kappa shape index (κ3) is 3.63. The van der Waals surface area contributed by atoms with Crippen molar-refractivity contribution in [1.29, 1.82) is 0 Å². The van der Waals surface area contributed by atoms with Crippen LogP contribution in [0.4, 0.5) is 0 Å². The van der Waals surface area contributed by atoms with Gasteiger partial charge in [-0.05, 0) is 56.7 Å². The Kier molecular flexibility index (Phi) is 4.63. The highest BCUT2D eigenvalue weighted by Gasteiger charge is 2.07. The van der Waals surface area contributed by atoms with Gasteiger partial charge in [-0.25, -0.2) is 0 Å². The predicted molar refractivity (Wildman–Crippen MR) is 83.2 cm³/mol. The van der Waals surface area contributed by atoms with Crippen molar-refractivity contribution in [2.24, 2.45) is 0 Å². The van der Waals surface area contributed by atoms with E-state index in [-0.39, 0.29) is 5.78 Å². The van der Waals surface area contributed by atoms with E-state index in [2.05, 4.69) is 6.07 Å². The van der Waals surface area contributed by atoms with Gasteiger partial charge in [0.05, 0.1) is 7.11 Å². The van der Waals surface area contributed by atoms with Gasteiger partial charge in [0.25, 0.3) is 0 Å². The molecule has 0 heterocycles. The Labute approximate surface area is 125 Å². The number of rotatable bonds is 5. The summed E-state index contributed by atoms with van der Waals surface area (Å²) in [5, 5.41) is 0. The minimum atomic E-state index is 0.0602. The number of hydrogen-bond donors (Lipinski definition) is 0. The summed E-state index contributed by atoms with van der Waals surface area (Å²) >= 11 is 0. The van der Waals surface area contributed by atoms with Crippen LogP contribution in [0.3, 0.4) is 0 Å². The van der Waals surface area contributed by atoms with Crippen molar-refractivity contribution in [1.82, 2.24) is 0 Å². The number of methoxy groups -OCH3 is 1. The number of Topliss-reactive ketones (excluding diaryl/α,β-unsaturated/α-hetero) is 1. The molecule has 0 bridgehead atoms. The Morgan fingerprint density at radius 1 is 1.05 bits per heavy atom. The summed E-state index contributed by atoms with van der Waals surface area (Å²) in [7, 11) is 1.65. The molecular formula is C18H20O3. The molecule has 0 aliphatic heterocycles. The molecule has 2 aromatic rings. The highest BCUT2D eigenvalue weighted by Crippen LogP contribution is 2.24. The van der Waals surface area contributed by atoms with E-state index < -0.39 is 0 Å². The van der Waals surface area contributed by atoms with Crippen LogP contribution in [0, 0.1) is 13.8 Å². The third-order valence-electron chi connectivity index (χ3n) is 3.40. The molecule has 0 saturated heterocycles. The first-order valence-corrected chi connectivity index (χ1v) is 6.89. The van der Waals surface area contributed by atoms with Gasteiger partial charge in [0.15, 0.2) is 5.78 Å². The molecule has 0 unspecified atom stereocenters. The second kappa shape index (κ2) is 6.44. The van der Waals surface area contributed by atoms with Crippen molar-refractivity contribution < 1.29 is 14.3 Å². The van der Waals surface area contributed by atoms with Crippen molar-refractivity contribution in [2.75, 3.05) is 7.11 Å². The van der Waals surface area contributed by atoms with Gasteiger partial charge >= 0.3 is 0 Å². The first-order valence-electron chi connectivity index (χ1n) is 6.89. The second-order valence-corrected chi connectivity index (χ2v) is 5.14. The second-order valence-electron chi connectivity index (χ2n) is 5.14. The molecule has 0 saturated carbocycles. The highest BCUT2D eigenvalue weighted by atomic mass is 16.5. The van der Waals surface area contributed by atoms with Gasteiger partial charge in [0, 0.05) is 11.1 Å². The summed E-state index contributed by atoms with van der Waals surface area (Å²) in [5.41, 5.74) is 3.83. The summed E-state index contributed by atoms with van der Waals surface area (Å²) in [4.78, 5) is 11.4. The van der Waals surface area contributed by atoms with Crippen LogP contribution < -0.4 is 9.47 Å². The third-order valence-corrected chi connectivity index (χ3v) is 3.40. The van der Waals surface area contributed by atoms with Crippen LogP contribution in [0.1, 0.15) is 34.0 Å². The van der Waals surface area contributed by atoms with Crippen LogP contribution in [0.15, 0.2) is 36.4 Å². The molecule has 0 radical (unpaired) electrons. The molecule has 110 valence electrons. The molecular weight excluding hydrogens is 264 g/mol. The Hall–Kier alpha value is -2.29. The fraction of sp³-hybridized carbons (Fsp3) is 0.278. The van der Waals surface area contributed by atoms with Crippen LogP contribution in [0.2, 0.25) is 0 Å². The molecule has 0 aliphatic rings. The molecule has 2 aromatic carbocycles. The number of benzene rings is 2. The maximum absolute atomic E-state index is 11.4. The first-order chi connectivity index (χ1) is 10.0. The van der Waals surface area contributed by atoms with E-state index in [4.69, 9.17) is 9.47 Å². The van der Waals surface area contributed by atoms with Crippen molar-refractivity contribution in [3.8, 4) is 11.5 Å². The lowest BCUT2D eigenvalue weighted by Crippen LogP contribution is -2.01. The van der Waals surface area contributed by atoms with Crippen LogP contribution in [0.5, 0.6) is 11.5 Å². The van der Waals surface area contributed by atoms with Crippen molar-refractivity contribution in [3.63, 3.8) is 0 Å². The SMILES string of the molecule is COc1ccc(C)cc1COc1ccc(C(C)=O)cc1C. The zero-order valence-electron chi connectivity index (χ0n) is 12.9. The number of carbonyl (C=O) groups excluding carboxylic acids is 1. The normalized spacial score (nSPS) is 10.3. The van der Waals surface area contributed by atoms with E-state index in [0.717, 1.165) is 28.2 Å². The zero-order chi connectivity index (χ0) is 15.4. The lowest BCUT2D eigenvalue weighted by molar-refractivity contribution is 0.101. The molecule has 3 heteroatoms. The lowest BCUT2D eigenvalue weighted by atomic mass is 10.1. The van der Waals surface area contributed by atoms with Crippen molar-refractivity contribution in [3.05, 3.63) is 58.7 Å². The van der Waals surface area contributed by atoms with Crippen LogP contribution in [0.25, 0.3) is 0 Å². The average Bonchev–Trinajstić information content (AvgIpc) is 2.46. The van der Waals surface area contributed by atoms with E-state index in [1.807, 2.05) is 38.1 Å². The number of aryl methyl sites for hydroxylation is 2. The number of hydrogen-bond acceptors (Lipinski definition) is 3. The van der Waals surface area contributed by atoms with E-state index in [1.54, 1.807) is 20.1 Å². The fourth-order valence-electron chi connectivity index (χ4n) is 2.21. The molecule has 0 aromatic heterocycles. The molecule has 0 amide bonds. The summed E-state index contributed by atoms with van der Waals surface area (Å²) in [6.07, 6.45) is 0. The quantitative estimate of drug-likeness (QED) is 0.776. The molecule has 3 nitrogen and oxygen atoms in total. The summed E-state index contributed by atoms with van der Waals surface area (Å²) < 4.78 is 11.2. The standard InChI is InChI=1S/C18H20O3/c1-12-5-7-18(20-4)16(9-12)11-21-17-8-6-15(14(3)19)10-13(17)2/h5-10H,11H2,1-4H3. The molecule has 2 rings (SSSR count). The summed E-state index contributed by atoms with van der Waals surface area (Å²) in [5.74, 6) is 1.66. The van der Waals surface area contributed by atoms with E-state index in [1.165, 1.54) is 0 Å². The Balaban J connectivity index is 2.17. The lowest BCUT2D eigenvalue weighted by Gasteiger charge is -2.13. The summed E-state index contributed by atoms with van der Waals surface area (Å²) in [6, 6.07) is 11.5. The molecule has 0 spiro atoms. The minimum Gasteiger partial charge on any atom is -0.496 e. The van der Waals surface area contributed by atoms with E-state index in [0.29, 0.717) is 12.2 Å². The maximum atomic E-state index is 11.4. The number of carbonyl (C=O) groups is 1. The maximum Gasteiger partial charge on any atom is 0.159 e. The largest absolute Gasteiger partial charge is 0.496 e. The van der Waals surface area contributed by atoms with Crippen molar-refractivity contribution in [2.45, 2.75) is 27.4 Å². The first kappa shape index (κ1) is 15.1.